The van der Waals surface area contributed by atoms with Gasteiger partial charge in [-0.25, -0.2) is 9.97 Å². The summed E-state index contributed by atoms with van der Waals surface area (Å²) >= 11 is 0. The third kappa shape index (κ3) is 3.40. The largest absolute Gasteiger partial charge is 0.370 e. The average molecular weight is 349 g/mol. The summed E-state index contributed by atoms with van der Waals surface area (Å²) in [5.41, 5.74) is 2.90. The van der Waals surface area contributed by atoms with Crippen molar-refractivity contribution in [2.45, 2.75) is 26.2 Å². The number of amides is 1. The van der Waals surface area contributed by atoms with E-state index in [0.29, 0.717) is 17.3 Å². The van der Waals surface area contributed by atoms with E-state index < -0.39 is 0 Å². The van der Waals surface area contributed by atoms with Crippen LogP contribution in [-0.2, 0) is 6.42 Å². The standard InChI is InChI=1S/C20H23N5O/c1-14-23-18(20(26)25-10-4-5-11-25)12-19(24-14)21-9-8-15-13-22-17-7-3-2-6-16(15)17/h2-3,6-7,12-13,22H,4-5,8-11H2,1H3,(H,21,23,24). The molecule has 3 heterocycles. The van der Waals surface area contributed by atoms with Gasteiger partial charge in [0.1, 0.15) is 17.3 Å². The highest BCUT2D eigenvalue weighted by molar-refractivity contribution is 5.93. The fraction of sp³-hybridized carbons (Fsp3) is 0.350. The van der Waals surface area contributed by atoms with Gasteiger partial charge in [0.2, 0.25) is 0 Å². The fourth-order valence-electron chi connectivity index (χ4n) is 3.51. The molecule has 0 atom stereocenters. The number of carbonyl (C=O) groups is 1. The molecule has 1 fully saturated rings. The minimum absolute atomic E-state index is 0.00711. The number of H-pyrrole nitrogens is 1. The van der Waals surface area contributed by atoms with Crippen LogP contribution in [0, 0.1) is 6.92 Å². The normalized spacial score (nSPS) is 14.1. The molecule has 1 aliphatic heterocycles. The summed E-state index contributed by atoms with van der Waals surface area (Å²) in [6, 6.07) is 10.1. The van der Waals surface area contributed by atoms with E-state index in [-0.39, 0.29) is 5.91 Å². The third-order valence-corrected chi connectivity index (χ3v) is 4.83. The van der Waals surface area contributed by atoms with E-state index >= 15 is 0 Å². The van der Waals surface area contributed by atoms with Crippen molar-refractivity contribution in [1.82, 2.24) is 19.9 Å². The predicted molar refractivity (Wildman–Crippen MR) is 102 cm³/mol. The number of para-hydroxylation sites is 1. The molecule has 0 bridgehead atoms. The maximum Gasteiger partial charge on any atom is 0.272 e. The van der Waals surface area contributed by atoms with E-state index in [9.17, 15) is 4.79 Å². The van der Waals surface area contributed by atoms with Gasteiger partial charge >= 0.3 is 0 Å². The Morgan fingerprint density at radius 3 is 2.88 bits per heavy atom. The van der Waals surface area contributed by atoms with Crippen molar-refractivity contribution in [3.8, 4) is 0 Å². The molecule has 6 nitrogen and oxygen atoms in total. The molecule has 1 aliphatic rings. The number of hydrogen-bond donors (Lipinski definition) is 2. The summed E-state index contributed by atoms with van der Waals surface area (Å²) in [5, 5.41) is 4.59. The number of nitrogens with zero attached hydrogens (tertiary/aromatic N) is 3. The van der Waals surface area contributed by atoms with Crippen LogP contribution >= 0.6 is 0 Å². The molecule has 6 heteroatoms. The Morgan fingerprint density at radius 1 is 1.23 bits per heavy atom. The summed E-state index contributed by atoms with van der Waals surface area (Å²) < 4.78 is 0. The molecule has 26 heavy (non-hydrogen) atoms. The van der Waals surface area contributed by atoms with E-state index in [0.717, 1.165) is 44.4 Å². The molecule has 1 amide bonds. The van der Waals surface area contributed by atoms with Crippen molar-refractivity contribution >= 4 is 22.6 Å². The number of anilines is 1. The minimum atomic E-state index is 0.00711. The maximum absolute atomic E-state index is 12.6. The average Bonchev–Trinajstić information content (AvgIpc) is 3.31. The van der Waals surface area contributed by atoms with Crippen LogP contribution in [0.25, 0.3) is 10.9 Å². The Balaban J connectivity index is 1.44. The van der Waals surface area contributed by atoms with E-state index in [1.807, 2.05) is 17.9 Å². The molecule has 2 aromatic heterocycles. The Hall–Kier alpha value is -2.89. The van der Waals surface area contributed by atoms with Crippen LogP contribution < -0.4 is 5.32 Å². The van der Waals surface area contributed by atoms with Gasteiger partial charge in [0.25, 0.3) is 5.91 Å². The van der Waals surface area contributed by atoms with Crippen LogP contribution in [0.3, 0.4) is 0 Å². The second-order valence-corrected chi connectivity index (χ2v) is 6.72. The molecule has 134 valence electrons. The third-order valence-electron chi connectivity index (χ3n) is 4.83. The fourth-order valence-corrected chi connectivity index (χ4v) is 3.51. The Labute approximate surface area is 152 Å². The number of aromatic nitrogens is 3. The van der Waals surface area contributed by atoms with Crippen molar-refractivity contribution < 1.29 is 4.79 Å². The number of nitrogens with one attached hydrogen (secondary N) is 2. The topological polar surface area (TPSA) is 73.9 Å². The summed E-state index contributed by atoms with van der Waals surface area (Å²) in [5.74, 6) is 1.33. The van der Waals surface area contributed by atoms with Gasteiger partial charge in [0.05, 0.1) is 0 Å². The molecular weight excluding hydrogens is 326 g/mol. The Bertz CT molecular complexity index is 927. The van der Waals surface area contributed by atoms with Gasteiger partial charge < -0.3 is 15.2 Å². The highest BCUT2D eigenvalue weighted by Crippen LogP contribution is 2.18. The van der Waals surface area contributed by atoms with Gasteiger partial charge in [-0.05, 0) is 37.8 Å². The van der Waals surface area contributed by atoms with Crippen molar-refractivity contribution in [3.63, 3.8) is 0 Å². The zero-order chi connectivity index (χ0) is 17.9. The first-order valence-electron chi connectivity index (χ1n) is 9.14. The number of likely N-dealkylation sites (tertiary alicyclic amines) is 1. The van der Waals surface area contributed by atoms with Crippen LogP contribution in [0.4, 0.5) is 5.82 Å². The summed E-state index contributed by atoms with van der Waals surface area (Å²) in [6.45, 7) is 4.22. The van der Waals surface area contributed by atoms with Gasteiger partial charge in [-0.2, -0.15) is 0 Å². The summed E-state index contributed by atoms with van der Waals surface area (Å²) in [4.78, 5) is 26.5. The van der Waals surface area contributed by atoms with Gasteiger partial charge in [-0.1, -0.05) is 18.2 Å². The molecule has 3 aromatic rings. The molecule has 0 unspecified atom stereocenters. The van der Waals surface area contributed by atoms with Gasteiger partial charge in [0.15, 0.2) is 0 Å². The molecule has 0 spiro atoms. The van der Waals surface area contributed by atoms with E-state index in [1.54, 1.807) is 6.07 Å². The van der Waals surface area contributed by atoms with E-state index in [2.05, 4.69) is 44.7 Å². The number of carbonyl (C=O) groups excluding carboxylic acids is 1. The Kier molecular flexibility index (Phi) is 4.56. The second-order valence-electron chi connectivity index (χ2n) is 6.72. The number of hydrogen-bond acceptors (Lipinski definition) is 4. The first kappa shape index (κ1) is 16.6. The van der Waals surface area contributed by atoms with E-state index in [1.165, 1.54) is 10.9 Å². The van der Waals surface area contributed by atoms with Gasteiger partial charge in [-0.15, -0.1) is 0 Å². The summed E-state index contributed by atoms with van der Waals surface area (Å²) in [6.07, 6.45) is 5.08. The molecule has 0 aliphatic carbocycles. The zero-order valence-electron chi connectivity index (χ0n) is 15.0. The van der Waals surface area contributed by atoms with E-state index in [4.69, 9.17) is 0 Å². The number of rotatable bonds is 5. The molecule has 0 saturated carbocycles. The lowest BCUT2D eigenvalue weighted by Gasteiger charge is -2.15. The predicted octanol–water partition coefficient (Wildman–Crippen LogP) is 3.16. The highest BCUT2D eigenvalue weighted by atomic mass is 16.2. The van der Waals surface area contributed by atoms with Gasteiger partial charge in [-0.3, -0.25) is 4.79 Å². The SMILES string of the molecule is Cc1nc(NCCc2c[nH]c3ccccc23)cc(C(=O)N2CCCC2)n1. The quantitative estimate of drug-likeness (QED) is 0.742. The highest BCUT2D eigenvalue weighted by Gasteiger charge is 2.21. The maximum atomic E-state index is 12.6. The van der Waals surface area contributed by atoms with Gasteiger partial charge in [0, 0.05) is 42.8 Å². The first-order valence-corrected chi connectivity index (χ1v) is 9.14. The minimum Gasteiger partial charge on any atom is -0.370 e. The number of fused-ring (bicyclic) bond motifs is 1. The zero-order valence-corrected chi connectivity index (χ0v) is 15.0. The molecule has 2 N–H and O–H groups in total. The lowest BCUT2D eigenvalue weighted by Crippen LogP contribution is -2.28. The first-order chi connectivity index (χ1) is 12.7. The summed E-state index contributed by atoms with van der Waals surface area (Å²) in [7, 11) is 0. The van der Waals surface area contributed by atoms with Crippen LogP contribution in [0.1, 0.15) is 34.7 Å². The Morgan fingerprint density at radius 2 is 2.04 bits per heavy atom. The van der Waals surface area contributed by atoms with Crippen molar-refractivity contribution in [2.24, 2.45) is 0 Å². The van der Waals surface area contributed by atoms with Crippen molar-refractivity contribution in [3.05, 3.63) is 53.6 Å². The molecular formula is C20H23N5O. The van der Waals surface area contributed by atoms with Crippen LogP contribution in [0.2, 0.25) is 0 Å². The smallest absolute Gasteiger partial charge is 0.272 e. The molecule has 4 rings (SSSR count). The van der Waals surface area contributed by atoms with Crippen LogP contribution in [0.5, 0.6) is 0 Å². The number of aromatic amines is 1. The van der Waals surface area contributed by atoms with Crippen molar-refractivity contribution in [1.29, 1.82) is 0 Å². The second kappa shape index (κ2) is 7.15. The van der Waals surface area contributed by atoms with Crippen LogP contribution in [0.15, 0.2) is 36.5 Å². The number of aryl methyl sites for hydroxylation is 1. The lowest BCUT2D eigenvalue weighted by atomic mass is 10.1. The molecule has 0 radical (unpaired) electrons. The monoisotopic (exact) mass is 349 g/mol. The lowest BCUT2D eigenvalue weighted by molar-refractivity contribution is 0.0786. The van der Waals surface area contributed by atoms with Crippen LogP contribution in [-0.4, -0.2) is 45.4 Å². The molecule has 1 saturated heterocycles. The number of benzene rings is 1. The molecule has 1 aromatic carbocycles. The van der Waals surface area contributed by atoms with Crippen molar-refractivity contribution in [2.75, 3.05) is 25.0 Å².